The highest BCUT2D eigenvalue weighted by molar-refractivity contribution is 7.09. The molecule has 0 aliphatic heterocycles. The first-order chi connectivity index (χ1) is 9.67. The van der Waals surface area contributed by atoms with E-state index in [1.807, 2.05) is 37.3 Å². The van der Waals surface area contributed by atoms with Crippen LogP contribution < -0.4 is 5.32 Å². The molecule has 0 fully saturated rings. The van der Waals surface area contributed by atoms with E-state index in [4.69, 9.17) is 0 Å². The van der Waals surface area contributed by atoms with Crippen LogP contribution in [0, 0.1) is 6.92 Å². The Bertz CT molecular complexity index is 534. The van der Waals surface area contributed by atoms with E-state index < -0.39 is 0 Å². The van der Waals surface area contributed by atoms with Crippen molar-refractivity contribution in [3.63, 3.8) is 0 Å². The number of hydrogen-bond acceptors (Lipinski definition) is 3. The van der Waals surface area contributed by atoms with Gasteiger partial charge in [-0.05, 0) is 37.0 Å². The summed E-state index contributed by atoms with van der Waals surface area (Å²) in [7, 11) is 0. The molecule has 2 rings (SSSR count). The zero-order valence-electron chi connectivity index (χ0n) is 11.9. The van der Waals surface area contributed by atoms with Crippen molar-refractivity contribution in [1.29, 1.82) is 0 Å². The number of benzene rings is 1. The Morgan fingerprint density at radius 1 is 1.25 bits per heavy atom. The number of rotatable bonds is 6. The van der Waals surface area contributed by atoms with Crippen LogP contribution in [0.15, 0.2) is 41.8 Å². The summed E-state index contributed by atoms with van der Waals surface area (Å²) in [5, 5.41) is 5.00. The Morgan fingerprint density at radius 2 is 2.00 bits per heavy atom. The highest BCUT2D eigenvalue weighted by atomic mass is 32.1. The van der Waals surface area contributed by atoms with E-state index in [-0.39, 0.29) is 5.91 Å². The molecule has 0 radical (unpaired) electrons. The minimum absolute atomic E-state index is 0.0345. The van der Waals surface area contributed by atoms with Gasteiger partial charge in [0.15, 0.2) is 0 Å². The van der Waals surface area contributed by atoms with Crippen LogP contribution in [0.3, 0.4) is 0 Å². The number of aryl methyl sites for hydroxylation is 1. The quantitative estimate of drug-likeness (QED) is 0.882. The van der Waals surface area contributed by atoms with Crippen LogP contribution in [-0.4, -0.2) is 23.9 Å². The fourth-order valence-corrected chi connectivity index (χ4v) is 2.69. The molecular weight excluding hydrogens is 268 g/mol. The van der Waals surface area contributed by atoms with Crippen molar-refractivity contribution in [2.75, 3.05) is 18.4 Å². The van der Waals surface area contributed by atoms with Crippen molar-refractivity contribution in [3.05, 3.63) is 52.2 Å². The van der Waals surface area contributed by atoms with Gasteiger partial charge in [0.1, 0.15) is 0 Å². The fraction of sp³-hybridized carbons (Fsp3) is 0.312. The van der Waals surface area contributed by atoms with Crippen LogP contribution in [0.2, 0.25) is 0 Å². The number of anilines is 1. The van der Waals surface area contributed by atoms with Gasteiger partial charge in [0.05, 0.1) is 6.54 Å². The van der Waals surface area contributed by atoms with Crippen molar-refractivity contribution in [3.8, 4) is 0 Å². The molecule has 1 aromatic carbocycles. The van der Waals surface area contributed by atoms with Gasteiger partial charge in [0, 0.05) is 17.1 Å². The third kappa shape index (κ3) is 4.47. The molecule has 0 saturated carbocycles. The van der Waals surface area contributed by atoms with E-state index in [9.17, 15) is 4.79 Å². The number of carbonyl (C=O) groups is 1. The maximum atomic E-state index is 12.0. The number of nitrogens with one attached hydrogen (secondary N) is 1. The van der Waals surface area contributed by atoms with Gasteiger partial charge >= 0.3 is 0 Å². The molecule has 0 saturated heterocycles. The molecule has 0 atom stereocenters. The molecule has 1 aromatic heterocycles. The molecule has 0 bridgehead atoms. The number of nitrogens with zero attached hydrogens (tertiary/aromatic N) is 1. The Morgan fingerprint density at radius 3 is 2.60 bits per heavy atom. The van der Waals surface area contributed by atoms with Crippen LogP contribution in [0.4, 0.5) is 5.69 Å². The second-order valence-corrected chi connectivity index (χ2v) is 5.83. The van der Waals surface area contributed by atoms with Crippen molar-refractivity contribution >= 4 is 22.9 Å². The molecule has 20 heavy (non-hydrogen) atoms. The Hall–Kier alpha value is -1.65. The topological polar surface area (TPSA) is 32.3 Å². The van der Waals surface area contributed by atoms with Gasteiger partial charge < -0.3 is 5.32 Å². The Balaban J connectivity index is 1.87. The van der Waals surface area contributed by atoms with E-state index in [1.54, 1.807) is 11.3 Å². The minimum atomic E-state index is 0.0345. The van der Waals surface area contributed by atoms with Crippen molar-refractivity contribution < 1.29 is 4.79 Å². The molecule has 2 aromatic rings. The van der Waals surface area contributed by atoms with E-state index in [2.05, 4.69) is 28.6 Å². The molecule has 4 heteroatoms. The zero-order chi connectivity index (χ0) is 14.4. The summed E-state index contributed by atoms with van der Waals surface area (Å²) in [4.78, 5) is 15.5. The van der Waals surface area contributed by atoms with Crippen LogP contribution in [0.5, 0.6) is 0 Å². The van der Waals surface area contributed by atoms with Crippen molar-refractivity contribution in [1.82, 2.24) is 4.90 Å². The van der Waals surface area contributed by atoms with E-state index in [0.717, 1.165) is 18.8 Å². The standard InChI is InChI=1S/C16H20N2OS/c1-3-18(11-15-5-4-10-20-15)12-16(19)17-14-8-6-13(2)7-9-14/h4-10H,3,11-12H2,1-2H3,(H,17,19). The summed E-state index contributed by atoms with van der Waals surface area (Å²) < 4.78 is 0. The van der Waals surface area contributed by atoms with E-state index in [1.165, 1.54) is 10.4 Å². The lowest BCUT2D eigenvalue weighted by molar-refractivity contribution is -0.117. The first-order valence-electron chi connectivity index (χ1n) is 6.78. The molecule has 1 heterocycles. The third-order valence-electron chi connectivity index (χ3n) is 3.11. The predicted octanol–water partition coefficient (Wildman–Crippen LogP) is 3.52. The number of thiophene rings is 1. The third-order valence-corrected chi connectivity index (χ3v) is 3.97. The summed E-state index contributed by atoms with van der Waals surface area (Å²) >= 11 is 1.73. The smallest absolute Gasteiger partial charge is 0.238 e. The van der Waals surface area contributed by atoms with E-state index >= 15 is 0 Å². The first kappa shape index (κ1) is 14.8. The molecule has 0 spiro atoms. The van der Waals surface area contributed by atoms with E-state index in [0.29, 0.717) is 6.54 Å². The highest BCUT2D eigenvalue weighted by Gasteiger charge is 2.10. The molecule has 106 valence electrons. The maximum Gasteiger partial charge on any atom is 0.238 e. The molecule has 0 aliphatic carbocycles. The van der Waals surface area contributed by atoms with Gasteiger partial charge in [-0.1, -0.05) is 30.7 Å². The van der Waals surface area contributed by atoms with Crippen LogP contribution >= 0.6 is 11.3 Å². The number of carbonyl (C=O) groups excluding carboxylic acids is 1. The summed E-state index contributed by atoms with van der Waals surface area (Å²) in [6.45, 7) is 6.22. The summed E-state index contributed by atoms with van der Waals surface area (Å²) in [5.41, 5.74) is 2.05. The SMILES string of the molecule is CCN(CC(=O)Nc1ccc(C)cc1)Cc1cccs1. The predicted molar refractivity (Wildman–Crippen MR) is 85.1 cm³/mol. The summed E-state index contributed by atoms with van der Waals surface area (Å²) in [6, 6.07) is 12.0. The van der Waals surface area contributed by atoms with Crippen molar-refractivity contribution in [2.45, 2.75) is 20.4 Å². The minimum Gasteiger partial charge on any atom is -0.325 e. The lowest BCUT2D eigenvalue weighted by Gasteiger charge is -2.19. The first-order valence-corrected chi connectivity index (χ1v) is 7.66. The fourth-order valence-electron chi connectivity index (χ4n) is 1.94. The van der Waals surface area contributed by atoms with Crippen molar-refractivity contribution in [2.24, 2.45) is 0 Å². The number of hydrogen-bond donors (Lipinski definition) is 1. The molecule has 0 aliphatic rings. The van der Waals surface area contributed by atoms with Gasteiger partial charge in [0.25, 0.3) is 0 Å². The summed E-state index contributed by atoms with van der Waals surface area (Å²) in [5.74, 6) is 0.0345. The highest BCUT2D eigenvalue weighted by Crippen LogP contribution is 2.12. The zero-order valence-corrected chi connectivity index (χ0v) is 12.7. The maximum absolute atomic E-state index is 12.0. The van der Waals surface area contributed by atoms with Gasteiger partial charge in [-0.2, -0.15) is 0 Å². The molecule has 1 amide bonds. The van der Waals surface area contributed by atoms with Crippen LogP contribution in [0.25, 0.3) is 0 Å². The Kier molecular flexibility index (Phi) is 5.32. The lowest BCUT2D eigenvalue weighted by atomic mass is 10.2. The molecule has 1 N–H and O–H groups in total. The van der Waals surface area contributed by atoms with Crippen LogP contribution in [-0.2, 0) is 11.3 Å². The average Bonchev–Trinajstić information content (AvgIpc) is 2.93. The average molecular weight is 288 g/mol. The second kappa shape index (κ2) is 7.22. The van der Waals surface area contributed by atoms with Gasteiger partial charge in [0.2, 0.25) is 5.91 Å². The number of likely N-dealkylation sites (N-methyl/N-ethyl adjacent to an activating group) is 1. The largest absolute Gasteiger partial charge is 0.325 e. The van der Waals surface area contributed by atoms with Gasteiger partial charge in [-0.3, -0.25) is 9.69 Å². The normalized spacial score (nSPS) is 10.8. The summed E-state index contributed by atoms with van der Waals surface area (Å²) in [6.07, 6.45) is 0. The molecular formula is C16H20N2OS. The monoisotopic (exact) mass is 288 g/mol. The number of amides is 1. The molecule has 3 nitrogen and oxygen atoms in total. The van der Waals surface area contributed by atoms with Crippen LogP contribution in [0.1, 0.15) is 17.4 Å². The lowest BCUT2D eigenvalue weighted by Crippen LogP contribution is -2.32. The second-order valence-electron chi connectivity index (χ2n) is 4.80. The van der Waals surface area contributed by atoms with Gasteiger partial charge in [-0.25, -0.2) is 0 Å². The van der Waals surface area contributed by atoms with Gasteiger partial charge in [-0.15, -0.1) is 11.3 Å². The Labute approximate surface area is 124 Å². The molecule has 0 unspecified atom stereocenters.